The van der Waals surface area contributed by atoms with Crippen LogP contribution in [-0.4, -0.2) is 24.2 Å². The van der Waals surface area contributed by atoms with Crippen LogP contribution < -0.4 is 5.32 Å². The molecule has 1 heterocycles. The number of nitrogens with zero attached hydrogens (tertiary/aromatic N) is 1. The Kier molecular flexibility index (Phi) is 5.63. The van der Waals surface area contributed by atoms with Crippen LogP contribution in [0.25, 0.3) is 11.1 Å². The van der Waals surface area contributed by atoms with E-state index in [1.54, 1.807) is 0 Å². The van der Waals surface area contributed by atoms with E-state index in [0.29, 0.717) is 0 Å². The van der Waals surface area contributed by atoms with Gasteiger partial charge in [-0.3, -0.25) is 4.98 Å². The quantitative estimate of drug-likeness (QED) is 0.605. The van der Waals surface area contributed by atoms with Crippen LogP contribution in [0.2, 0.25) is 0 Å². The highest BCUT2D eigenvalue weighted by molar-refractivity contribution is 5.79. The van der Waals surface area contributed by atoms with Crippen LogP contribution in [0.5, 0.6) is 0 Å². The summed E-state index contributed by atoms with van der Waals surface area (Å²) in [6.45, 7) is -0.00299. The molecule has 7 heteroatoms. The summed E-state index contributed by atoms with van der Waals surface area (Å²) in [4.78, 5) is 15.7. The number of alkyl halides is 3. The SMILES string of the molecule is O=C(NCC#Cc1cnccc1C(F)(F)F)OCC1c2ccccc2-c2ccccc21. The van der Waals surface area contributed by atoms with E-state index < -0.39 is 17.8 Å². The van der Waals surface area contributed by atoms with Gasteiger partial charge in [0, 0.05) is 18.3 Å². The zero-order chi connectivity index (χ0) is 21.8. The minimum Gasteiger partial charge on any atom is -0.449 e. The molecule has 0 spiro atoms. The van der Waals surface area contributed by atoms with E-state index in [1.165, 1.54) is 0 Å². The van der Waals surface area contributed by atoms with Crippen LogP contribution in [0.4, 0.5) is 18.0 Å². The van der Waals surface area contributed by atoms with Gasteiger partial charge in [-0.2, -0.15) is 13.2 Å². The van der Waals surface area contributed by atoms with Gasteiger partial charge in [-0.15, -0.1) is 0 Å². The third kappa shape index (κ3) is 4.38. The molecule has 156 valence electrons. The molecule has 1 aliphatic carbocycles. The second-order valence-corrected chi connectivity index (χ2v) is 6.90. The lowest BCUT2D eigenvalue weighted by atomic mass is 9.98. The molecule has 0 aliphatic heterocycles. The van der Waals surface area contributed by atoms with Crippen LogP contribution >= 0.6 is 0 Å². The van der Waals surface area contributed by atoms with Gasteiger partial charge >= 0.3 is 12.3 Å². The number of fused-ring (bicyclic) bond motifs is 3. The smallest absolute Gasteiger partial charge is 0.417 e. The highest BCUT2D eigenvalue weighted by Crippen LogP contribution is 2.44. The van der Waals surface area contributed by atoms with E-state index in [9.17, 15) is 18.0 Å². The van der Waals surface area contributed by atoms with Crippen molar-refractivity contribution in [2.45, 2.75) is 12.1 Å². The first-order valence-corrected chi connectivity index (χ1v) is 9.54. The molecule has 0 saturated heterocycles. The summed E-state index contributed by atoms with van der Waals surface area (Å²) >= 11 is 0. The molecule has 2 aromatic carbocycles. The molecule has 0 atom stereocenters. The summed E-state index contributed by atoms with van der Waals surface area (Å²) in [7, 11) is 0. The second kappa shape index (κ2) is 8.52. The number of halogens is 3. The van der Waals surface area contributed by atoms with E-state index in [2.05, 4.69) is 22.1 Å². The number of benzene rings is 2. The first kappa shape index (κ1) is 20.5. The molecule has 4 rings (SSSR count). The van der Waals surface area contributed by atoms with Gasteiger partial charge in [-0.25, -0.2) is 4.79 Å². The van der Waals surface area contributed by atoms with Crippen molar-refractivity contribution in [2.24, 2.45) is 0 Å². The lowest BCUT2D eigenvalue weighted by Crippen LogP contribution is -2.26. The second-order valence-electron chi connectivity index (χ2n) is 6.90. The molecule has 0 fully saturated rings. The Labute approximate surface area is 177 Å². The Hall–Kier alpha value is -3.79. The van der Waals surface area contributed by atoms with Crippen molar-refractivity contribution in [3.63, 3.8) is 0 Å². The van der Waals surface area contributed by atoms with E-state index >= 15 is 0 Å². The van der Waals surface area contributed by atoms with Gasteiger partial charge in [0.1, 0.15) is 6.61 Å². The third-order valence-corrected chi connectivity index (χ3v) is 5.01. The normalized spacial score (nSPS) is 12.4. The van der Waals surface area contributed by atoms with Crippen LogP contribution in [0.1, 0.15) is 28.2 Å². The van der Waals surface area contributed by atoms with Gasteiger partial charge in [0.2, 0.25) is 0 Å². The molecule has 4 nitrogen and oxygen atoms in total. The number of carbonyl (C=O) groups is 1. The molecule has 3 aromatic rings. The third-order valence-electron chi connectivity index (χ3n) is 5.01. The van der Waals surface area contributed by atoms with Crippen molar-refractivity contribution >= 4 is 6.09 Å². The predicted octanol–water partition coefficient (Wildman–Crippen LogP) is 4.99. The molecule has 1 aromatic heterocycles. The number of carbonyl (C=O) groups excluding carboxylic acids is 1. The Morgan fingerprint density at radius 1 is 1.03 bits per heavy atom. The summed E-state index contributed by atoms with van der Waals surface area (Å²) in [6, 6.07) is 16.8. The lowest BCUT2D eigenvalue weighted by Gasteiger charge is -2.14. The fourth-order valence-electron chi connectivity index (χ4n) is 3.65. The number of nitrogens with one attached hydrogen (secondary N) is 1. The first-order chi connectivity index (χ1) is 14.9. The molecule has 0 bridgehead atoms. The fourth-order valence-corrected chi connectivity index (χ4v) is 3.65. The van der Waals surface area contributed by atoms with Crippen molar-refractivity contribution in [2.75, 3.05) is 13.2 Å². The van der Waals surface area contributed by atoms with Gasteiger partial charge in [-0.1, -0.05) is 60.4 Å². The maximum atomic E-state index is 13.0. The van der Waals surface area contributed by atoms with Crippen molar-refractivity contribution in [3.8, 4) is 23.0 Å². The minimum absolute atomic E-state index is 0.0750. The monoisotopic (exact) mass is 422 g/mol. The van der Waals surface area contributed by atoms with Crippen LogP contribution in [0, 0.1) is 11.8 Å². The Balaban J connectivity index is 1.36. The first-order valence-electron chi connectivity index (χ1n) is 9.54. The zero-order valence-electron chi connectivity index (χ0n) is 16.2. The lowest BCUT2D eigenvalue weighted by molar-refractivity contribution is -0.137. The van der Waals surface area contributed by atoms with Gasteiger partial charge in [0.15, 0.2) is 0 Å². The maximum absolute atomic E-state index is 13.0. The molecule has 0 radical (unpaired) electrons. The fraction of sp³-hybridized carbons (Fsp3) is 0.167. The van der Waals surface area contributed by atoms with Gasteiger partial charge < -0.3 is 10.1 Å². The summed E-state index contributed by atoms with van der Waals surface area (Å²) < 4.78 is 44.2. The maximum Gasteiger partial charge on any atom is 0.417 e. The number of hydrogen-bond acceptors (Lipinski definition) is 3. The minimum atomic E-state index is -4.52. The summed E-state index contributed by atoms with van der Waals surface area (Å²) in [6.07, 6.45) is -3.10. The van der Waals surface area contributed by atoms with E-state index in [-0.39, 0.29) is 24.6 Å². The molecular weight excluding hydrogens is 405 g/mol. The molecular formula is C24H17F3N2O2. The molecule has 0 unspecified atom stereocenters. The molecule has 1 N–H and O–H groups in total. The summed E-state index contributed by atoms with van der Waals surface area (Å²) in [5.74, 6) is 4.82. The van der Waals surface area contributed by atoms with Crippen molar-refractivity contribution in [3.05, 3.63) is 89.2 Å². The molecule has 1 amide bonds. The predicted molar refractivity (Wildman–Crippen MR) is 109 cm³/mol. The number of pyridine rings is 1. The molecule has 31 heavy (non-hydrogen) atoms. The number of aromatic nitrogens is 1. The topological polar surface area (TPSA) is 51.2 Å². The summed E-state index contributed by atoms with van der Waals surface area (Å²) in [5.41, 5.74) is 3.31. The average molecular weight is 422 g/mol. The van der Waals surface area contributed by atoms with Gasteiger partial charge in [-0.05, 0) is 28.3 Å². The van der Waals surface area contributed by atoms with E-state index in [1.807, 2.05) is 48.5 Å². The number of amides is 1. The number of rotatable bonds is 3. The van der Waals surface area contributed by atoms with Crippen LogP contribution in [-0.2, 0) is 10.9 Å². The van der Waals surface area contributed by atoms with Crippen LogP contribution in [0.15, 0.2) is 67.0 Å². The largest absolute Gasteiger partial charge is 0.449 e. The Morgan fingerprint density at radius 3 is 2.32 bits per heavy atom. The molecule has 0 saturated carbocycles. The van der Waals surface area contributed by atoms with E-state index in [4.69, 9.17) is 4.74 Å². The Bertz CT molecular complexity index is 1130. The van der Waals surface area contributed by atoms with Crippen molar-refractivity contribution < 1.29 is 22.7 Å². The highest BCUT2D eigenvalue weighted by atomic mass is 19.4. The molecule has 1 aliphatic rings. The van der Waals surface area contributed by atoms with Gasteiger partial charge in [0.05, 0.1) is 17.7 Å². The average Bonchev–Trinajstić information content (AvgIpc) is 3.09. The standard InChI is InChI=1S/C24H17F3N2O2/c25-24(26,27)22-11-13-28-14-16(22)6-5-12-29-23(30)31-15-21-19-9-3-1-7-17(19)18-8-2-4-10-20(18)21/h1-4,7-11,13-14,21H,12,15H2,(H,29,30). The number of ether oxygens (including phenoxy) is 1. The van der Waals surface area contributed by atoms with Gasteiger partial charge in [0.25, 0.3) is 0 Å². The number of alkyl carbamates (subject to hydrolysis) is 1. The van der Waals surface area contributed by atoms with Crippen LogP contribution in [0.3, 0.4) is 0 Å². The van der Waals surface area contributed by atoms with Crippen molar-refractivity contribution in [1.82, 2.24) is 10.3 Å². The summed E-state index contributed by atoms with van der Waals surface area (Å²) in [5, 5.41) is 2.45. The van der Waals surface area contributed by atoms with E-state index in [0.717, 1.165) is 40.7 Å². The Morgan fingerprint density at radius 2 is 1.68 bits per heavy atom. The van der Waals surface area contributed by atoms with Crippen molar-refractivity contribution in [1.29, 1.82) is 0 Å². The highest BCUT2D eigenvalue weighted by Gasteiger charge is 2.33. The zero-order valence-corrected chi connectivity index (χ0v) is 16.2. The number of hydrogen-bond donors (Lipinski definition) is 1.